The van der Waals surface area contributed by atoms with Gasteiger partial charge in [0.25, 0.3) is 0 Å². The Balaban J connectivity index is 2.66. The molecule has 0 saturated carbocycles. The number of nitrogens with zero attached hydrogens (tertiary/aromatic N) is 2. The number of aliphatic hydroxyl groups excluding tert-OH is 1. The quantitative estimate of drug-likeness (QED) is 0.726. The summed E-state index contributed by atoms with van der Waals surface area (Å²) in [6.45, 7) is 6.50. The van der Waals surface area contributed by atoms with Crippen molar-refractivity contribution in [3.05, 3.63) is 0 Å². The molecule has 1 rings (SSSR count). The number of hydrogen-bond acceptors (Lipinski definition) is 6. The molecule has 0 fully saturated rings. The molecule has 0 aromatic carbocycles. The normalized spacial score (nSPS) is 13.9. The van der Waals surface area contributed by atoms with E-state index < -0.39 is 0 Å². The van der Waals surface area contributed by atoms with Gasteiger partial charge < -0.3 is 16.2 Å². The van der Waals surface area contributed by atoms with Gasteiger partial charge in [-0.1, -0.05) is 20.8 Å². The third kappa shape index (κ3) is 3.64. The van der Waals surface area contributed by atoms with E-state index in [-0.39, 0.29) is 18.1 Å². The first-order valence-electron chi connectivity index (χ1n) is 4.90. The van der Waals surface area contributed by atoms with Gasteiger partial charge in [-0.05, 0) is 11.8 Å². The van der Waals surface area contributed by atoms with Crippen LogP contribution in [0.1, 0.15) is 27.2 Å². The van der Waals surface area contributed by atoms with Crippen molar-refractivity contribution >= 4 is 22.6 Å². The van der Waals surface area contributed by atoms with Crippen LogP contribution in [0.5, 0.6) is 0 Å². The molecule has 0 aliphatic carbocycles. The second-order valence-corrected chi connectivity index (χ2v) is 5.28. The fourth-order valence-electron chi connectivity index (χ4n) is 1.29. The predicted molar refractivity (Wildman–Crippen MR) is 62.9 cm³/mol. The third-order valence-electron chi connectivity index (χ3n) is 2.20. The number of anilines is 2. The summed E-state index contributed by atoms with van der Waals surface area (Å²) in [5, 5.41) is 12.9. The molecule has 1 aromatic rings. The van der Waals surface area contributed by atoms with Crippen molar-refractivity contribution in [1.29, 1.82) is 0 Å². The fourth-order valence-corrected chi connectivity index (χ4v) is 1.84. The average molecular weight is 230 g/mol. The van der Waals surface area contributed by atoms with Gasteiger partial charge in [0, 0.05) is 24.2 Å². The lowest BCUT2D eigenvalue weighted by atomic mass is 9.85. The maximum absolute atomic E-state index is 8.99. The van der Waals surface area contributed by atoms with Crippen molar-refractivity contribution in [2.24, 2.45) is 5.41 Å². The van der Waals surface area contributed by atoms with E-state index in [0.29, 0.717) is 17.5 Å². The molecule has 86 valence electrons. The van der Waals surface area contributed by atoms with Crippen molar-refractivity contribution < 1.29 is 5.11 Å². The summed E-state index contributed by atoms with van der Waals surface area (Å²) in [6, 6.07) is 0.162. The van der Waals surface area contributed by atoms with Crippen LogP contribution in [0.4, 0.5) is 11.1 Å². The van der Waals surface area contributed by atoms with Crippen molar-refractivity contribution in [3.8, 4) is 0 Å². The molecule has 1 aromatic heterocycles. The van der Waals surface area contributed by atoms with Gasteiger partial charge in [0.1, 0.15) is 0 Å². The summed E-state index contributed by atoms with van der Waals surface area (Å²) in [7, 11) is 0. The van der Waals surface area contributed by atoms with E-state index in [1.807, 2.05) is 0 Å². The van der Waals surface area contributed by atoms with E-state index in [1.54, 1.807) is 0 Å². The van der Waals surface area contributed by atoms with Crippen LogP contribution in [0.25, 0.3) is 0 Å². The molecule has 0 radical (unpaired) electrons. The first-order valence-corrected chi connectivity index (χ1v) is 5.67. The van der Waals surface area contributed by atoms with Gasteiger partial charge in [0.15, 0.2) is 0 Å². The van der Waals surface area contributed by atoms with Gasteiger partial charge in [-0.2, -0.15) is 9.36 Å². The van der Waals surface area contributed by atoms with E-state index in [9.17, 15) is 0 Å². The van der Waals surface area contributed by atoms with Crippen molar-refractivity contribution in [1.82, 2.24) is 9.36 Å². The molecule has 1 unspecified atom stereocenters. The lowest BCUT2D eigenvalue weighted by Gasteiger charge is -2.30. The highest BCUT2D eigenvalue weighted by molar-refractivity contribution is 7.09. The number of aliphatic hydroxyl groups is 1. The molecule has 0 aliphatic heterocycles. The maximum atomic E-state index is 8.99. The van der Waals surface area contributed by atoms with E-state index in [0.717, 1.165) is 0 Å². The number of aromatic nitrogens is 2. The third-order valence-corrected chi connectivity index (χ3v) is 2.86. The van der Waals surface area contributed by atoms with E-state index in [4.69, 9.17) is 10.8 Å². The van der Waals surface area contributed by atoms with Gasteiger partial charge in [-0.3, -0.25) is 0 Å². The first-order chi connectivity index (χ1) is 6.93. The molecule has 0 saturated heterocycles. The van der Waals surface area contributed by atoms with Gasteiger partial charge in [0.2, 0.25) is 11.1 Å². The molecular weight excluding hydrogens is 212 g/mol. The highest BCUT2D eigenvalue weighted by Gasteiger charge is 2.24. The number of nitrogen functional groups attached to an aromatic ring is 1. The molecule has 4 N–H and O–H groups in total. The van der Waals surface area contributed by atoms with E-state index in [2.05, 4.69) is 35.4 Å². The Morgan fingerprint density at radius 2 is 2.20 bits per heavy atom. The van der Waals surface area contributed by atoms with Crippen LogP contribution >= 0.6 is 11.5 Å². The Morgan fingerprint density at radius 1 is 1.53 bits per heavy atom. The molecule has 0 spiro atoms. The average Bonchev–Trinajstić information content (AvgIpc) is 2.49. The highest BCUT2D eigenvalue weighted by atomic mass is 32.1. The van der Waals surface area contributed by atoms with E-state index in [1.165, 1.54) is 11.5 Å². The predicted octanol–water partition coefficient (Wildman–Crippen LogP) is 1.33. The molecule has 0 aliphatic rings. The minimum atomic E-state index is 0.0587. The van der Waals surface area contributed by atoms with Crippen LogP contribution in [0.2, 0.25) is 0 Å². The first kappa shape index (κ1) is 12.2. The summed E-state index contributed by atoms with van der Waals surface area (Å²) < 4.78 is 3.90. The number of nitrogens with one attached hydrogen (secondary N) is 1. The molecule has 1 heterocycles. The molecule has 5 nitrogen and oxygen atoms in total. The highest BCUT2D eigenvalue weighted by Crippen LogP contribution is 2.26. The largest absolute Gasteiger partial charge is 0.396 e. The second-order valence-electron chi connectivity index (χ2n) is 4.53. The standard InChI is InChI=1S/C9H18N4OS/c1-9(2,3)6(4-5-14)11-8-12-7(10)13-15-8/h6,14H,4-5H2,1-3H3,(H3,10,11,12,13). The lowest BCUT2D eigenvalue weighted by Crippen LogP contribution is -2.34. The Hall–Kier alpha value is -0.880. The SMILES string of the molecule is CC(C)(C)C(CCO)Nc1nc(N)ns1. The molecule has 6 heteroatoms. The summed E-state index contributed by atoms with van der Waals surface area (Å²) >= 11 is 1.24. The molecule has 1 atom stereocenters. The molecule has 0 amide bonds. The topological polar surface area (TPSA) is 84.1 Å². The number of rotatable bonds is 4. The van der Waals surface area contributed by atoms with Crippen molar-refractivity contribution in [3.63, 3.8) is 0 Å². The van der Waals surface area contributed by atoms with Crippen LogP contribution in [0, 0.1) is 5.41 Å². The summed E-state index contributed by atoms with van der Waals surface area (Å²) in [4.78, 5) is 4.04. The van der Waals surface area contributed by atoms with Gasteiger partial charge in [-0.25, -0.2) is 0 Å². The Morgan fingerprint density at radius 3 is 2.60 bits per heavy atom. The maximum Gasteiger partial charge on any atom is 0.233 e. The summed E-state index contributed by atoms with van der Waals surface area (Å²) in [5.74, 6) is 0.291. The zero-order chi connectivity index (χ0) is 11.5. The van der Waals surface area contributed by atoms with E-state index >= 15 is 0 Å². The smallest absolute Gasteiger partial charge is 0.233 e. The summed E-state index contributed by atoms with van der Waals surface area (Å²) in [6.07, 6.45) is 0.684. The molecular formula is C9H18N4OS. The number of hydrogen-bond donors (Lipinski definition) is 3. The van der Waals surface area contributed by atoms with Crippen LogP contribution in [0.3, 0.4) is 0 Å². The Bertz CT molecular complexity index is 307. The zero-order valence-electron chi connectivity index (χ0n) is 9.32. The van der Waals surface area contributed by atoms with Crippen LogP contribution in [-0.4, -0.2) is 27.1 Å². The Kier molecular flexibility index (Phi) is 3.87. The minimum Gasteiger partial charge on any atom is -0.396 e. The second kappa shape index (κ2) is 4.76. The Labute approximate surface area is 93.9 Å². The molecule has 0 bridgehead atoms. The van der Waals surface area contributed by atoms with Gasteiger partial charge in [0.05, 0.1) is 0 Å². The van der Waals surface area contributed by atoms with Crippen molar-refractivity contribution in [2.45, 2.75) is 33.2 Å². The van der Waals surface area contributed by atoms with Crippen molar-refractivity contribution in [2.75, 3.05) is 17.7 Å². The van der Waals surface area contributed by atoms with Gasteiger partial charge >= 0.3 is 0 Å². The lowest BCUT2D eigenvalue weighted by molar-refractivity contribution is 0.235. The zero-order valence-corrected chi connectivity index (χ0v) is 10.1. The molecule has 15 heavy (non-hydrogen) atoms. The van der Waals surface area contributed by atoms with Crippen LogP contribution < -0.4 is 11.1 Å². The summed E-state index contributed by atoms with van der Waals surface area (Å²) in [5.41, 5.74) is 5.49. The minimum absolute atomic E-state index is 0.0587. The monoisotopic (exact) mass is 230 g/mol. The number of nitrogens with two attached hydrogens (primary N) is 1. The fraction of sp³-hybridized carbons (Fsp3) is 0.778. The van der Waals surface area contributed by atoms with Gasteiger partial charge in [-0.15, -0.1) is 0 Å². The van der Waals surface area contributed by atoms with Crippen LogP contribution in [-0.2, 0) is 0 Å². The van der Waals surface area contributed by atoms with Crippen LogP contribution in [0.15, 0.2) is 0 Å².